The van der Waals surface area contributed by atoms with Crippen LogP contribution in [0, 0.1) is 5.92 Å². The number of hydrazone groups is 1. The summed E-state index contributed by atoms with van der Waals surface area (Å²) in [5, 5.41) is 8.40. The van der Waals surface area contributed by atoms with Gasteiger partial charge in [0.15, 0.2) is 0 Å². The number of nitrogens with zero attached hydrogens (tertiary/aromatic N) is 3. The minimum atomic E-state index is -3.11. The van der Waals surface area contributed by atoms with Crippen molar-refractivity contribution in [1.29, 1.82) is 0 Å². The lowest BCUT2D eigenvalue weighted by atomic mass is 9.97. The van der Waals surface area contributed by atoms with Crippen LogP contribution in [0.5, 0.6) is 11.5 Å². The maximum absolute atomic E-state index is 13.4. The molecule has 0 bridgehead atoms. The smallest absolute Gasteiger partial charge is 0.387 e. The van der Waals surface area contributed by atoms with E-state index in [0.29, 0.717) is 11.4 Å². The highest BCUT2D eigenvalue weighted by Gasteiger charge is 2.33. The van der Waals surface area contributed by atoms with E-state index in [1.54, 1.807) is 25.3 Å². The van der Waals surface area contributed by atoms with Gasteiger partial charge in [0.05, 0.1) is 19.0 Å². The topological polar surface area (TPSA) is 111 Å². The molecule has 2 heterocycles. The van der Waals surface area contributed by atoms with Crippen molar-refractivity contribution < 1.29 is 32.6 Å². The zero-order chi connectivity index (χ0) is 28.3. The number of pyridine rings is 1. The lowest BCUT2D eigenvalue weighted by Gasteiger charge is -2.22. The van der Waals surface area contributed by atoms with E-state index in [4.69, 9.17) is 21.1 Å². The Hall–Kier alpha value is -4.03. The summed E-state index contributed by atoms with van der Waals surface area (Å²) in [6.45, 7) is -2.95. The Morgan fingerprint density at radius 1 is 1.18 bits per heavy atom. The zero-order valence-electron chi connectivity index (χ0n) is 21.2. The van der Waals surface area contributed by atoms with Crippen molar-refractivity contribution in [3.05, 3.63) is 69.8 Å². The maximum Gasteiger partial charge on any atom is 0.387 e. The van der Waals surface area contributed by atoms with E-state index in [-0.39, 0.29) is 46.6 Å². The molecule has 39 heavy (non-hydrogen) atoms. The lowest BCUT2D eigenvalue weighted by Crippen LogP contribution is -2.38. The monoisotopic (exact) mass is 562 g/mol. The number of amides is 2. The molecule has 0 radical (unpaired) electrons. The first-order valence-corrected chi connectivity index (χ1v) is 12.1. The number of benzene rings is 1. The summed E-state index contributed by atoms with van der Waals surface area (Å²) in [7, 11) is 4.35. The highest BCUT2D eigenvalue weighted by Crippen LogP contribution is 2.38. The quantitative estimate of drug-likeness (QED) is 0.475. The van der Waals surface area contributed by atoms with Crippen LogP contribution < -0.4 is 20.3 Å². The first-order chi connectivity index (χ1) is 18.6. The van der Waals surface area contributed by atoms with E-state index in [2.05, 4.69) is 15.2 Å². The van der Waals surface area contributed by atoms with Gasteiger partial charge in [-0.3, -0.25) is 19.0 Å². The second-order valence-corrected chi connectivity index (χ2v) is 9.07. The van der Waals surface area contributed by atoms with Crippen LogP contribution in [0.1, 0.15) is 12.5 Å². The van der Waals surface area contributed by atoms with Gasteiger partial charge in [-0.25, -0.2) is 5.01 Å². The molecule has 0 saturated carbocycles. The third-order valence-electron chi connectivity index (χ3n) is 6.15. The molecule has 13 heteroatoms. The Morgan fingerprint density at radius 2 is 1.92 bits per heavy atom. The van der Waals surface area contributed by atoms with E-state index in [1.165, 1.54) is 48.2 Å². The number of hydrogen-bond acceptors (Lipinski definition) is 7. The third-order valence-corrected chi connectivity index (χ3v) is 6.39. The predicted octanol–water partition coefficient (Wildman–Crippen LogP) is 3.37. The van der Waals surface area contributed by atoms with Crippen LogP contribution in [-0.4, -0.2) is 61.6 Å². The van der Waals surface area contributed by atoms with Crippen LogP contribution in [0.2, 0.25) is 5.02 Å². The number of carbonyl (C=O) groups excluding carboxylic acids is 2. The summed E-state index contributed by atoms with van der Waals surface area (Å²) < 4.78 is 42.4. The van der Waals surface area contributed by atoms with Gasteiger partial charge in [-0.15, -0.1) is 0 Å². The molecule has 1 aliphatic heterocycles. The summed E-state index contributed by atoms with van der Waals surface area (Å²) in [6, 6.07) is 4.15. The molecule has 0 fully saturated rings. The third kappa shape index (κ3) is 6.02. The number of hydrogen-bond donors (Lipinski definition) is 1. The number of alkyl halides is 2. The van der Waals surface area contributed by atoms with E-state index >= 15 is 0 Å². The van der Waals surface area contributed by atoms with Gasteiger partial charge in [-0.2, -0.15) is 13.9 Å². The summed E-state index contributed by atoms with van der Waals surface area (Å²) >= 11 is 6.09. The van der Waals surface area contributed by atoms with Gasteiger partial charge in [-0.1, -0.05) is 17.7 Å². The minimum Gasteiger partial charge on any atom is -0.495 e. The van der Waals surface area contributed by atoms with Gasteiger partial charge >= 0.3 is 6.61 Å². The van der Waals surface area contributed by atoms with Crippen molar-refractivity contribution in [1.82, 2.24) is 14.9 Å². The molecule has 2 aliphatic rings. The molecule has 206 valence electrons. The first-order valence-electron chi connectivity index (χ1n) is 11.7. The van der Waals surface area contributed by atoms with Crippen LogP contribution >= 0.6 is 11.6 Å². The minimum absolute atomic E-state index is 0.116. The second kappa shape index (κ2) is 11.8. The molecular weight excluding hydrogens is 538 g/mol. The fraction of sp³-hybridized carbons (Fsp3) is 0.308. The Kier molecular flexibility index (Phi) is 8.46. The molecule has 2 amide bonds. The number of carbonyl (C=O) groups is 2. The average Bonchev–Trinajstić information content (AvgIpc) is 3.18. The highest BCUT2D eigenvalue weighted by atomic mass is 35.5. The zero-order valence-corrected chi connectivity index (χ0v) is 21.9. The van der Waals surface area contributed by atoms with E-state index < -0.39 is 30.0 Å². The second-order valence-electron chi connectivity index (χ2n) is 8.63. The number of halogens is 3. The molecule has 0 saturated heterocycles. The fourth-order valence-electron chi connectivity index (χ4n) is 4.31. The Labute approximate surface area is 227 Å². The maximum atomic E-state index is 13.4. The summed E-state index contributed by atoms with van der Waals surface area (Å²) in [6.07, 6.45) is 6.28. The number of nitrogens with one attached hydrogen (secondary N) is 1. The molecule has 4 rings (SSSR count). The summed E-state index contributed by atoms with van der Waals surface area (Å²) in [4.78, 5) is 38.8. The molecule has 2 unspecified atom stereocenters. The normalized spacial score (nSPS) is 17.1. The Balaban J connectivity index is 1.69. The number of aromatic nitrogens is 1. The molecule has 10 nitrogen and oxygen atoms in total. The van der Waals surface area contributed by atoms with Crippen molar-refractivity contribution in [2.45, 2.75) is 19.1 Å². The van der Waals surface area contributed by atoms with Crippen molar-refractivity contribution in [3.8, 4) is 22.6 Å². The van der Waals surface area contributed by atoms with Crippen LogP contribution in [0.4, 0.5) is 8.78 Å². The molecule has 2 aromatic rings. The van der Waals surface area contributed by atoms with Gasteiger partial charge in [0.2, 0.25) is 5.91 Å². The lowest BCUT2D eigenvalue weighted by molar-refractivity contribution is -0.129. The SMILES string of the molecule is COCCC(C(=O)NC1=CC2=NN(C)C(=O)C2C=C1)n1cc(OC)c(-c2cc(Cl)ccc2OC(F)F)cc1=O. The van der Waals surface area contributed by atoms with E-state index in [1.807, 2.05) is 0 Å². The summed E-state index contributed by atoms with van der Waals surface area (Å²) in [5.74, 6) is -1.30. The average molecular weight is 563 g/mol. The number of fused-ring (bicyclic) bond motifs is 1. The standard InChI is InChI=1S/C26H25ClF2N4O6/c1-32-25(36)16-6-5-15(11-19(16)31-32)30-24(35)20(8-9-37-2)33-13-22(38-3)18(12-23(33)34)17-10-14(27)4-7-21(17)39-26(28)29/h4-7,10-13,16,20,26H,8-9H2,1-3H3,(H,30,35). The molecule has 1 aromatic heterocycles. The summed E-state index contributed by atoms with van der Waals surface area (Å²) in [5.41, 5.74) is 0.543. The molecule has 2 atom stereocenters. The van der Waals surface area contributed by atoms with Crippen molar-refractivity contribution >= 4 is 29.1 Å². The van der Waals surface area contributed by atoms with Crippen LogP contribution in [-0.2, 0) is 14.3 Å². The van der Waals surface area contributed by atoms with Gasteiger partial charge in [-0.05, 0) is 30.4 Å². The Morgan fingerprint density at radius 3 is 2.62 bits per heavy atom. The van der Waals surface area contributed by atoms with Crippen molar-refractivity contribution in [3.63, 3.8) is 0 Å². The van der Waals surface area contributed by atoms with Crippen LogP contribution in [0.25, 0.3) is 11.1 Å². The number of methoxy groups -OCH3 is 2. The largest absolute Gasteiger partial charge is 0.495 e. The molecule has 1 aromatic carbocycles. The van der Waals surface area contributed by atoms with Gasteiger partial charge in [0.1, 0.15) is 23.5 Å². The van der Waals surface area contributed by atoms with Gasteiger partial charge in [0, 0.05) is 55.1 Å². The van der Waals surface area contributed by atoms with Gasteiger partial charge in [0.25, 0.3) is 11.5 Å². The molecular formula is C26H25ClF2N4O6. The number of allylic oxidation sites excluding steroid dienone is 2. The number of ether oxygens (including phenoxy) is 3. The highest BCUT2D eigenvalue weighted by molar-refractivity contribution is 6.31. The van der Waals surface area contributed by atoms with Crippen LogP contribution in [0.3, 0.4) is 0 Å². The van der Waals surface area contributed by atoms with Crippen molar-refractivity contribution in [2.75, 3.05) is 27.9 Å². The number of rotatable bonds is 10. The first kappa shape index (κ1) is 28.0. The molecule has 1 N–H and O–H groups in total. The van der Waals surface area contributed by atoms with Crippen molar-refractivity contribution in [2.24, 2.45) is 11.0 Å². The predicted molar refractivity (Wildman–Crippen MR) is 139 cm³/mol. The molecule has 1 aliphatic carbocycles. The Bertz CT molecular complexity index is 1440. The fourth-order valence-corrected chi connectivity index (χ4v) is 4.48. The van der Waals surface area contributed by atoms with E-state index in [0.717, 1.165) is 6.07 Å². The van der Waals surface area contributed by atoms with Crippen LogP contribution in [0.15, 0.2) is 64.3 Å². The van der Waals surface area contributed by atoms with Gasteiger partial charge < -0.3 is 19.5 Å². The molecule has 0 spiro atoms. The van der Waals surface area contributed by atoms with E-state index in [9.17, 15) is 23.2 Å².